The molecule has 3 aromatic carbocycles. The molecule has 0 bridgehead atoms. The minimum Gasteiger partial charge on any atom is -0.324 e. The van der Waals surface area contributed by atoms with E-state index in [9.17, 15) is 18.0 Å². The number of alkyl halides is 3. The van der Waals surface area contributed by atoms with Crippen molar-refractivity contribution in [2.45, 2.75) is 6.18 Å². The molecule has 3 heterocycles. The Balaban J connectivity index is 1.28. The number of aromatic amines is 1. The van der Waals surface area contributed by atoms with Crippen molar-refractivity contribution in [1.29, 1.82) is 0 Å². The highest BCUT2D eigenvalue weighted by Gasteiger charge is 2.30. The van der Waals surface area contributed by atoms with Crippen LogP contribution in [-0.2, 0) is 6.18 Å². The fourth-order valence-electron chi connectivity index (χ4n) is 4.26. The fourth-order valence-corrected chi connectivity index (χ4v) is 4.26. The van der Waals surface area contributed by atoms with E-state index in [1.54, 1.807) is 30.5 Å². The number of carbonyl (C=O) groups is 1. The van der Waals surface area contributed by atoms with Gasteiger partial charge in [-0.05, 0) is 53.1 Å². The summed E-state index contributed by atoms with van der Waals surface area (Å²) in [6.45, 7) is 0. The van der Waals surface area contributed by atoms with Gasteiger partial charge in [-0.2, -0.15) is 13.2 Å². The lowest BCUT2D eigenvalue weighted by molar-refractivity contribution is -0.137. The molecule has 0 spiro atoms. The van der Waals surface area contributed by atoms with Crippen LogP contribution in [0.5, 0.6) is 0 Å². The van der Waals surface area contributed by atoms with Gasteiger partial charge in [-0.25, -0.2) is 9.97 Å². The first kappa shape index (κ1) is 22.5. The summed E-state index contributed by atoms with van der Waals surface area (Å²) in [6, 6.07) is 25.6. The van der Waals surface area contributed by atoms with Crippen LogP contribution in [0.2, 0.25) is 0 Å². The van der Waals surface area contributed by atoms with Crippen LogP contribution in [0.25, 0.3) is 39.1 Å². The van der Waals surface area contributed by atoms with Gasteiger partial charge in [-0.15, -0.1) is 0 Å². The first-order valence-corrected chi connectivity index (χ1v) is 11.4. The van der Waals surface area contributed by atoms with Gasteiger partial charge in [0.2, 0.25) is 5.95 Å². The third-order valence-corrected chi connectivity index (χ3v) is 6.03. The molecular weight excluding hydrogens is 479 g/mol. The van der Waals surface area contributed by atoms with E-state index < -0.39 is 17.6 Å². The first-order chi connectivity index (χ1) is 17.8. The van der Waals surface area contributed by atoms with Crippen LogP contribution in [0.4, 0.5) is 19.1 Å². The van der Waals surface area contributed by atoms with Crippen LogP contribution in [0.3, 0.4) is 0 Å². The van der Waals surface area contributed by atoms with E-state index >= 15 is 0 Å². The molecule has 3 aromatic heterocycles. The molecule has 0 unspecified atom stereocenters. The molecule has 1 amide bonds. The third kappa shape index (κ3) is 4.31. The number of amides is 1. The maximum absolute atomic E-state index is 13.1. The molecule has 6 aromatic rings. The van der Waals surface area contributed by atoms with E-state index in [1.165, 1.54) is 6.07 Å². The SMILES string of the molecule is O=C(Nc1nc2cc(-c3cccc(C(F)(F)F)c3)ccc2[nH]1)c1cn2c(-c3ccccc3)cccc2n1. The number of hydrogen-bond acceptors (Lipinski definition) is 3. The largest absolute Gasteiger partial charge is 0.416 e. The van der Waals surface area contributed by atoms with Crippen LogP contribution in [0.15, 0.2) is 97.2 Å². The van der Waals surface area contributed by atoms with E-state index in [2.05, 4.69) is 20.3 Å². The number of carbonyl (C=O) groups excluding carboxylic acids is 1. The number of rotatable bonds is 4. The second-order valence-corrected chi connectivity index (χ2v) is 8.48. The van der Waals surface area contributed by atoms with Crippen LogP contribution in [0, 0.1) is 0 Å². The standard InChI is InChI=1S/C28H18F3N5O/c29-28(30,31)20-9-4-8-18(14-20)19-12-13-21-22(15-19)34-27(33-21)35-26(37)23-16-36-24(10-5-11-25(36)32-23)17-6-2-1-3-7-17/h1-16H,(H2,33,34,35,37). The Labute approximate surface area is 208 Å². The van der Waals surface area contributed by atoms with Gasteiger partial charge in [0.1, 0.15) is 11.3 Å². The van der Waals surface area contributed by atoms with E-state index in [0.717, 1.165) is 23.4 Å². The molecule has 0 fully saturated rings. The van der Waals surface area contributed by atoms with Gasteiger partial charge < -0.3 is 4.98 Å². The lowest BCUT2D eigenvalue weighted by Gasteiger charge is -2.08. The topological polar surface area (TPSA) is 75.1 Å². The number of aromatic nitrogens is 4. The number of halogens is 3. The summed E-state index contributed by atoms with van der Waals surface area (Å²) < 4.78 is 41.2. The highest BCUT2D eigenvalue weighted by Crippen LogP contribution is 2.33. The number of nitrogens with zero attached hydrogens (tertiary/aromatic N) is 3. The molecule has 0 aliphatic carbocycles. The number of nitrogens with one attached hydrogen (secondary N) is 2. The Bertz CT molecular complexity index is 1770. The van der Waals surface area contributed by atoms with E-state index in [-0.39, 0.29) is 11.6 Å². The average Bonchev–Trinajstić information content (AvgIpc) is 3.52. The van der Waals surface area contributed by atoms with E-state index in [4.69, 9.17) is 0 Å². The van der Waals surface area contributed by atoms with E-state index in [1.807, 2.05) is 52.9 Å². The number of hydrogen-bond donors (Lipinski definition) is 2. The summed E-state index contributed by atoms with van der Waals surface area (Å²) in [6.07, 6.45) is -2.76. The molecule has 6 rings (SSSR count). The monoisotopic (exact) mass is 497 g/mol. The minimum absolute atomic E-state index is 0.210. The predicted octanol–water partition coefficient (Wildman–Crippen LogP) is 6.82. The molecule has 182 valence electrons. The smallest absolute Gasteiger partial charge is 0.324 e. The van der Waals surface area contributed by atoms with Crippen molar-refractivity contribution in [1.82, 2.24) is 19.4 Å². The highest BCUT2D eigenvalue weighted by atomic mass is 19.4. The van der Waals surface area contributed by atoms with Crippen molar-refractivity contribution in [3.63, 3.8) is 0 Å². The zero-order valence-corrected chi connectivity index (χ0v) is 19.1. The quantitative estimate of drug-likeness (QED) is 0.281. The molecule has 0 saturated carbocycles. The average molecular weight is 497 g/mol. The van der Waals surface area contributed by atoms with Crippen molar-refractivity contribution in [3.8, 4) is 22.4 Å². The second-order valence-electron chi connectivity index (χ2n) is 8.48. The number of imidazole rings is 2. The molecule has 6 nitrogen and oxygen atoms in total. The van der Waals surface area contributed by atoms with Crippen LogP contribution < -0.4 is 5.32 Å². The normalized spacial score (nSPS) is 11.8. The molecule has 0 aliphatic rings. The van der Waals surface area contributed by atoms with Gasteiger partial charge in [-0.1, -0.05) is 54.6 Å². The predicted molar refractivity (Wildman–Crippen MR) is 135 cm³/mol. The molecule has 37 heavy (non-hydrogen) atoms. The number of pyridine rings is 1. The Kier molecular flexibility index (Phi) is 5.26. The Hall–Kier alpha value is -4.92. The van der Waals surface area contributed by atoms with Crippen LogP contribution >= 0.6 is 0 Å². The van der Waals surface area contributed by atoms with Crippen LogP contribution in [0.1, 0.15) is 16.1 Å². The van der Waals surface area contributed by atoms with Crippen molar-refractivity contribution < 1.29 is 18.0 Å². The van der Waals surface area contributed by atoms with Gasteiger partial charge in [0.05, 0.1) is 22.3 Å². The number of fused-ring (bicyclic) bond motifs is 2. The van der Waals surface area contributed by atoms with Gasteiger partial charge in [0.25, 0.3) is 5.91 Å². The van der Waals surface area contributed by atoms with Gasteiger partial charge in [0, 0.05) is 6.20 Å². The molecular formula is C28H18F3N5O. The summed E-state index contributed by atoms with van der Waals surface area (Å²) in [7, 11) is 0. The van der Waals surface area contributed by atoms with Crippen molar-refractivity contribution in [2.75, 3.05) is 5.32 Å². The Morgan fingerprint density at radius 3 is 2.38 bits per heavy atom. The number of anilines is 1. The first-order valence-electron chi connectivity index (χ1n) is 11.4. The zero-order valence-electron chi connectivity index (χ0n) is 19.1. The number of benzene rings is 3. The Morgan fingerprint density at radius 1 is 0.811 bits per heavy atom. The lowest BCUT2D eigenvalue weighted by Crippen LogP contribution is -2.13. The third-order valence-electron chi connectivity index (χ3n) is 6.03. The lowest BCUT2D eigenvalue weighted by atomic mass is 10.0. The van der Waals surface area contributed by atoms with Crippen molar-refractivity contribution in [3.05, 3.63) is 108 Å². The Morgan fingerprint density at radius 2 is 1.57 bits per heavy atom. The molecule has 0 aliphatic heterocycles. The van der Waals surface area contributed by atoms with Crippen molar-refractivity contribution >= 4 is 28.5 Å². The highest BCUT2D eigenvalue weighted by molar-refractivity contribution is 6.03. The van der Waals surface area contributed by atoms with Crippen LogP contribution in [-0.4, -0.2) is 25.3 Å². The number of H-pyrrole nitrogens is 1. The molecule has 0 atom stereocenters. The van der Waals surface area contributed by atoms with Gasteiger partial charge in [-0.3, -0.25) is 14.5 Å². The van der Waals surface area contributed by atoms with E-state index in [0.29, 0.717) is 27.8 Å². The second kappa shape index (κ2) is 8.63. The minimum atomic E-state index is -4.43. The summed E-state index contributed by atoms with van der Waals surface area (Å²) in [5.41, 5.74) is 4.15. The summed E-state index contributed by atoms with van der Waals surface area (Å²) >= 11 is 0. The zero-order chi connectivity index (χ0) is 25.6. The molecule has 0 saturated heterocycles. The van der Waals surface area contributed by atoms with Gasteiger partial charge >= 0.3 is 6.18 Å². The summed E-state index contributed by atoms with van der Waals surface area (Å²) in [5, 5.41) is 2.73. The maximum atomic E-state index is 13.1. The molecule has 9 heteroatoms. The molecule has 2 N–H and O–H groups in total. The fraction of sp³-hybridized carbons (Fsp3) is 0.0357. The molecule has 0 radical (unpaired) electrons. The van der Waals surface area contributed by atoms with Gasteiger partial charge in [0.15, 0.2) is 0 Å². The maximum Gasteiger partial charge on any atom is 0.416 e. The summed E-state index contributed by atoms with van der Waals surface area (Å²) in [5.74, 6) is -0.235. The summed E-state index contributed by atoms with van der Waals surface area (Å²) in [4.78, 5) is 24.9. The van der Waals surface area contributed by atoms with Crippen molar-refractivity contribution in [2.24, 2.45) is 0 Å².